The fourth-order valence-corrected chi connectivity index (χ4v) is 0.915. The third kappa shape index (κ3) is 3.11. The molecule has 1 aromatic heterocycles. The number of hydrogen-bond acceptors (Lipinski definition) is 3. The highest BCUT2D eigenvalue weighted by Crippen LogP contribution is 1.91. The Morgan fingerprint density at radius 1 is 1.46 bits per heavy atom. The molecular weight excluding hydrogens is 170 g/mol. The van der Waals surface area contributed by atoms with Crippen LogP contribution in [-0.4, -0.2) is 17.6 Å². The summed E-state index contributed by atoms with van der Waals surface area (Å²) in [6.07, 6.45) is 3.61. The zero-order valence-corrected chi connectivity index (χ0v) is 7.40. The second-order valence-electron chi connectivity index (χ2n) is 2.60. The summed E-state index contributed by atoms with van der Waals surface area (Å²) in [4.78, 5) is 21.5. The van der Waals surface area contributed by atoms with Gasteiger partial charge in [-0.05, 0) is 0 Å². The summed E-state index contributed by atoms with van der Waals surface area (Å²) in [5.74, 6) is -0.251. The Labute approximate surface area is 75.8 Å². The Hall–Kier alpha value is -1.58. The highest BCUT2D eigenvalue weighted by molar-refractivity contribution is 5.68. The molecule has 1 rings (SSSR count). The molecule has 70 valence electrons. The van der Waals surface area contributed by atoms with Crippen LogP contribution in [0, 0.1) is 0 Å². The summed E-state index contributed by atoms with van der Waals surface area (Å²) in [6, 6.07) is 2.91. The first-order valence-electron chi connectivity index (χ1n) is 3.95. The lowest BCUT2D eigenvalue weighted by molar-refractivity contribution is -0.140. The SMILES string of the molecule is COC(=O)CCn1ccc(=O)cc1. The zero-order valence-electron chi connectivity index (χ0n) is 7.40. The van der Waals surface area contributed by atoms with Crippen molar-refractivity contribution in [2.45, 2.75) is 13.0 Å². The summed E-state index contributed by atoms with van der Waals surface area (Å²) in [6.45, 7) is 0.535. The number of rotatable bonds is 3. The molecule has 0 aromatic carbocycles. The summed E-state index contributed by atoms with van der Waals surface area (Å²) in [7, 11) is 1.35. The van der Waals surface area contributed by atoms with Crippen LogP contribution in [0.3, 0.4) is 0 Å². The summed E-state index contributed by atoms with van der Waals surface area (Å²) in [5.41, 5.74) is -0.0330. The van der Waals surface area contributed by atoms with Gasteiger partial charge in [0.2, 0.25) is 0 Å². The van der Waals surface area contributed by atoms with E-state index in [0.717, 1.165) is 0 Å². The Bertz CT molecular complexity index is 322. The van der Waals surface area contributed by atoms with Gasteiger partial charge >= 0.3 is 5.97 Å². The van der Waals surface area contributed by atoms with Crippen LogP contribution in [-0.2, 0) is 16.1 Å². The Morgan fingerprint density at radius 2 is 2.08 bits per heavy atom. The number of hydrogen-bond donors (Lipinski definition) is 0. The van der Waals surface area contributed by atoms with Gasteiger partial charge in [0.15, 0.2) is 5.43 Å². The maximum absolute atomic E-state index is 10.8. The number of carbonyl (C=O) groups is 1. The van der Waals surface area contributed by atoms with Gasteiger partial charge in [0.25, 0.3) is 0 Å². The second-order valence-corrected chi connectivity index (χ2v) is 2.60. The standard InChI is InChI=1S/C9H11NO3/c1-13-9(12)4-7-10-5-2-8(11)3-6-10/h2-3,5-6H,4,7H2,1H3. The van der Waals surface area contributed by atoms with E-state index in [-0.39, 0.29) is 11.4 Å². The monoisotopic (exact) mass is 181 g/mol. The average Bonchev–Trinajstić information content (AvgIpc) is 2.16. The number of esters is 1. The summed E-state index contributed by atoms with van der Waals surface area (Å²) >= 11 is 0. The molecule has 0 aliphatic carbocycles. The van der Waals surface area contributed by atoms with Crippen LogP contribution in [0.5, 0.6) is 0 Å². The highest BCUT2D eigenvalue weighted by atomic mass is 16.5. The molecule has 0 saturated heterocycles. The van der Waals surface area contributed by atoms with E-state index in [9.17, 15) is 9.59 Å². The van der Waals surface area contributed by atoms with Crippen molar-refractivity contribution in [2.75, 3.05) is 7.11 Å². The molecule has 0 atom stereocenters. The van der Waals surface area contributed by atoms with E-state index >= 15 is 0 Å². The fourth-order valence-electron chi connectivity index (χ4n) is 0.915. The highest BCUT2D eigenvalue weighted by Gasteiger charge is 1.98. The molecule has 1 aromatic rings. The molecular formula is C9H11NO3. The number of methoxy groups -OCH3 is 1. The van der Waals surface area contributed by atoms with Crippen molar-refractivity contribution in [3.8, 4) is 0 Å². The molecule has 0 amide bonds. The Kier molecular flexibility index (Phi) is 3.25. The molecule has 0 spiro atoms. The van der Waals surface area contributed by atoms with Gasteiger partial charge in [-0.25, -0.2) is 0 Å². The van der Waals surface area contributed by atoms with Crippen molar-refractivity contribution in [3.63, 3.8) is 0 Å². The van der Waals surface area contributed by atoms with Crippen molar-refractivity contribution >= 4 is 5.97 Å². The van der Waals surface area contributed by atoms with E-state index in [0.29, 0.717) is 13.0 Å². The van der Waals surface area contributed by atoms with Crippen molar-refractivity contribution in [1.29, 1.82) is 0 Å². The van der Waals surface area contributed by atoms with E-state index < -0.39 is 0 Å². The van der Waals surface area contributed by atoms with Crippen LogP contribution < -0.4 is 5.43 Å². The number of ether oxygens (including phenoxy) is 1. The van der Waals surface area contributed by atoms with Gasteiger partial charge in [-0.1, -0.05) is 0 Å². The lowest BCUT2D eigenvalue weighted by atomic mass is 10.4. The van der Waals surface area contributed by atoms with Crippen LogP contribution in [0.25, 0.3) is 0 Å². The van der Waals surface area contributed by atoms with Crippen LogP contribution in [0.1, 0.15) is 6.42 Å². The molecule has 0 aliphatic heterocycles. The molecule has 0 N–H and O–H groups in total. The minimum absolute atomic E-state index is 0.0330. The van der Waals surface area contributed by atoms with Gasteiger partial charge in [-0.15, -0.1) is 0 Å². The first kappa shape index (κ1) is 9.51. The van der Waals surface area contributed by atoms with E-state index in [1.165, 1.54) is 19.2 Å². The smallest absolute Gasteiger partial charge is 0.307 e. The largest absolute Gasteiger partial charge is 0.469 e. The maximum Gasteiger partial charge on any atom is 0.307 e. The molecule has 0 unspecified atom stereocenters. The first-order valence-corrected chi connectivity index (χ1v) is 3.95. The third-order valence-corrected chi connectivity index (χ3v) is 1.66. The van der Waals surface area contributed by atoms with E-state index in [1.54, 1.807) is 17.0 Å². The van der Waals surface area contributed by atoms with E-state index in [2.05, 4.69) is 4.74 Å². The number of aromatic nitrogens is 1. The second kappa shape index (κ2) is 4.45. The number of nitrogens with zero attached hydrogens (tertiary/aromatic N) is 1. The van der Waals surface area contributed by atoms with E-state index in [1.807, 2.05) is 0 Å². The van der Waals surface area contributed by atoms with Crippen LogP contribution in [0.2, 0.25) is 0 Å². The zero-order chi connectivity index (χ0) is 9.68. The minimum Gasteiger partial charge on any atom is -0.469 e. The fraction of sp³-hybridized carbons (Fsp3) is 0.333. The Balaban J connectivity index is 2.50. The molecule has 0 fully saturated rings. The lowest BCUT2D eigenvalue weighted by Crippen LogP contribution is -2.08. The Morgan fingerprint density at radius 3 is 2.62 bits per heavy atom. The third-order valence-electron chi connectivity index (χ3n) is 1.66. The topological polar surface area (TPSA) is 48.3 Å². The number of aryl methyl sites for hydroxylation is 1. The molecule has 0 radical (unpaired) electrons. The van der Waals surface area contributed by atoms with Crippen LogP contribution in [0.4, 0.5) is 0 Å². The van der Waals surface area contributed by atoms with Crippen molar-refractivity contribution in [1.82, 2.24) is 4.57 Å². The molecule has 13 heavy (non-hydrogen) atoms. The van der Waals surface area contributed by atoms with Crippen molar-refractivity contribution in [3.05, 3.63) is 34.7 Å². The average molecular weight is 181 g/mol. The molecule has 4 nitrogen and oxygen atoms in total. The van der Waals surface area contributed by atoms with Gasteiger partial charge in [0.05, 0.1) is 13.5 Å². The summed E-state index contributed by atoms with van der Waals surface area (Å²) < 4.78 is 6.24. The maximum atomic E-state index is 10.8. The normalized spacial score (nSPS) is 9.62. The quantitative estimate of drug-likeness (QED) is 0.634. The van der Waals surface area contributed by atoms with Gasteiger partial charge in [0.1, 0.15) is 0 Å². The predicted molar refractivity (Wildman–Crippen MR) is 47.3 cm³/mol. The number of carbonyl (C=O) groups excluding carboxylic acids is 1. The molecule has 1 heterocycles. The number of pyridine rings is 1. The summed E-state index contributed by atoms with van der Waals surface area (Å²) in [5, 5.41) is 0. The molecule has 0 bridgehead atoms. The van der Waals surface area contributed by atoms with Crippen molar-refractivity contribution in [2.24, 2.45) is 0 Å². The first-order chi connectivity index (χ1) is 6.22. The van der Waals surface area contributed by atoms with Gasteiger partial charge in [-0.2, -0.15) is 0 Å². The van der Waals surface area contributed by atoms with Gasteiger partial charge in [-0.3, -0.25) is 9.59 Å². The predicted octanol–water partition coefficient (Wildman–Crippen LogP) is 0.411. The van der Waals surface area contributed by atoms with Crippen LogP contribution in [0.15, 0.2) is 29.3 Å². The minimum atomic E-state index is -0.251. The lowest BCUT2D eigenvalue weighted by Gasteiger charge is -2.03. The van der Waals surface area contributed by atoms with Crippen molar-refractivity contribution < 1.29 is 9.53 Å². The van der Waals surface area contributed by atoms with Crippen LogP contribution >= 0.6 is 0 Å². The van der Waals surface area contributed by atoms with Gasteiger partial charge < -0.3 is 9.30 Å². The molecule has 0 aliphatic rings. The molecule has 4 heteroatoms. The van der Waals surface area contributed by atoms with Gasteiger partial charge in [0, 0.05) is 31.1 Å². The molecule has 0 saturated carbocycles. The van der Waals surface area contributed by atoms with E-state index in [4.69, 9.17) is 0 Å².